The van der Waals surface area contributed by atoms with Crippen LogP contribution in [0.3, 0.4) is 0 Å². The van der Waals surface area contributed by atoms with Crippen molar-refractivity contribution < 1.29 is 22.9 Å². The number of carbonyl (C=O) groups excluding carboxylic acids is 2. The maximum Gasteiger partial charge on any atom is 0.269 e. The number of sulfonamides is 1. The molecule has 12 heteroatoms. The minimum atomic E-state index is -3.80. The summed E-state index contributed by atoms with van der Waals surface area (Å²) in [7, 11) is -3.80. The van der Waals surface area contributed by atoms with E-state index in [1.165, 1.54) is 42.5 Å². The van der Waals surface area contributed by atoms with E-state index in [9.17, 15) is 28.1 Å². The van der Waals surface area contributed by atoms with Gasteiger partial charge in [0.15, 0.2) is 0 Å². The Kier molecular flexibility index (Phi) is 7.15. The van der Waals surface area contributed by atoms with Gasteiger partial charge in [-0.3, -0.25) is 29.4 Å². The number of nitro groups is 1. The number of rotatable bonds is 8. The van der Waals surface area contributed by atoms with E-state index in [1.807, 2.05) is 0 Å². The number of benzene rings is 2. The molecule has 0 saturated heterocycles. The summed E-state index contributed by atoms with van der Waals surface area (Å²) in [6, 6.07) is 10.9. The van der Waals surface area contributed by atoms with Gasteiger partial charge in [0, 0.05) is 49.3 Å². The zero-order chi connectivity index (χ0) is 23.1. The van der Waals surface area contributed by atoms with Crippen molar-refractivity contribution in [3.05, 3.63) is 64.2 Å². The van der Waals surface area contributed by atoms with Crippen molar-refractivity contribution >= 4 is 39.0 Å². The molecule has 2 aromatic carbocycles. The third-order valence-corrected chi connectivity index (χ3v) is 5.91. The standard InChI is InChI=1S/C20H21N5O6S/c26-19(10-12-22-20(27)14-6-8-16(9-7-14)25(28)29)23-15-3-1-4-17(13-15)32(30,31)24-18-5-2-11-21-18/h1,3-4,6-9,13H,2,5,10-12H2,(H,21,24)(H,22,27)(H,23,26). The highest BCUT2D eigenvalue weighted by Crippen LogP contribution is 2.17. The maximum absolute atomic E-state index is 12.5. The number of non-ortho nitro benzene ring substituents is 1. The smallest absolute Gasteiger partial charge is 0.269 e. The summed E-state index contributed by atoms with van der Waals surface area (Å²) in [6.07, 6.45) is 1.32. The summed E-state index contributed by atoms with van der Waals surface area (Å²) in [6.45, 7) is 0.621. The molecule has 0 unspecified atom stereocenters. The summed E-state index contributed by atoms with van der Waals surface area (Å²) in [5, 5.41) is 15.8. The second kappa shape index (κ2) is 10.0. The van der Waals surface area contributed by atoms with Gasteiger partial charge in [-0.1, -0.05) is 6.07 Å². The molecular weight excluding hydrogens is 438 g/mol. The third-order valence-electron chi connectivity index (χ3n) is 4.53. The van der Waals surface area contributed by atoms with Gasteiger partial charge in [-0.05, 0) is 36.8 Å². The molecule has 32 heavy (non-hydrogen) atoms. The molecule has 11 nitrogen and oxygen atoms in total. The molecule has 3 N–H and O–H groups in total. The molecule has 1 heterocycles. The largest absolute Gasteiger partial charge is 0.352 e. The predicted molar refractivity (Wildman–Crippen MR) is 117 cm³/mol. The Hall–Kier alpha value is -3.80. The first kappa shape index (κ1) is 22.9. The lowest BCUT2D eigenvalue weighted by Gasteiger charge is -2.10. The Labute approximate surface area is 184 Å². The third kappa shape index (κ3) is 6.11. The van der Waals surface area contributed by atoms with Gasteiger partial charge in [0.2, 0.25) is 5.91 Å². The van der Waals surface area contributed by atoms with Gasteiger partial charge in [-0.15, -0.1) is 0 Å². The van der Waals surface area contributed by atoms with Crippen LogP contribution >= 0.6 is 0 Å². The number of nitrogens with one attached hydrogen (secondary N) is 3. The van der Waals surface area contributed by atoms with Gasteiger partial charge in [-0.25, -0.2) is 8.42 Å². The second-order valence-corrected chi connectivity index (χ2v) is 8.61. The summed E-state index contributed by atoms with van der Waals surface area (Å²) in [5.41, 5.74) is 0.401. The number of hydrogen-bond acceptors (Lipinski definition) is 7. The van der Waals surface area contributed by atoms with Crippen molar-refractivity contribution in [2.45, 2.75) is 24.2 Å². The SMILES string of the molecule is O=C(CCNC(=O)c1ccc([N+](=O)[O-])cc1)Nc1cccc(S(=O)(=O)NC2=NCCC2)c1. The number of carbonyl (C=O) groups is 2. The van der Waals surface area contributed by atoms with Crippen LogP contribution < -0.4 is 15.4 Å². The van der Waals surface area contributed by atoms with Crippen LogP contribution in [0.15, 0.2) is 58.4 Å². The van der Waals surface area contributed by atoms with E-state index in [1.54, 1.807) is 6.07 Å². The lowest BCUT2D eigenvalue weighted by atomic mass is 10.2. The Morgan fingerprint density at radius 1 is 1.12 bits per heavy atom. The molecule has 3 rings (SSSR count). The van der Waals surface area contributed by atoms with Gasteiger partial charge in [0.05, 0.1) is 9.82 Å². The van der Waals surface area contributed by atoms with E-state index < -0.39 is 26.8 Å². The molecule has 2 amide bonds. The first-order chi connectivity index (χ1) is 15.2. The van der Waals surface area contributed by atoms with Crippen LogP contribution in [0.2, 0.25) is 0 Å². The fourth-order valence-corrected chi connectivity index (χ4v) is 4.06. The molecule has 1 aliphatic heterocycles. The molecule has 1 aliphatic rings. The number of amidine groups is 1. The molecule has 0 atom stereocenters. The molecule has 0 aromatic heterocycles. The minimum absolute atomic E-state index is 0.00336. The molecule has 0 saturated carbocycles. The Bertz CT molecular complexity index is 1160. The monoisotopic (exact) mass is 459 g/mol. The highest BCUT2D eigenvalue weighted by Gasteiger charge is 2.19. The maximum atomic E-state index is 12.5. The van der Waals surface area contributed by atoms with Crippen LogP contribution in [0.25, 0.3) is 0 Å². The van der Waals surface area contributed by atoms with E-state index >= 15 is 0 Å². The van der Waals surface area contributed by atoms with Crippen molar-refractivity contribution in [1.82, 2.24) is 10.0 Å². The normalized spacial score (nSPS) is 13.2. The zero-order valence-electron chi connectivity index (χ0n) is 16.9. The number of nitrogens with zero attached hydrogens (tertiary/aromatic N) is 2. The predicted octanol–water partition coefficient (Wildman–Crippen LogP) is 1.82. The second-order valence-electron chi connectivity index (χ2n) is 6.92. The van der Waals surface area contributed by atoms with Gasteiger partial charge < -0.3 is 10.6 Å². The molecule has 0 fully saturated rings. The van der Waals surface area contributed by atoms with Gasteiger partial charge in [-0.2, -0.15) is 0 Å². The van der Waals surface area contributed by atoms with Crippen molar-refractivity contribution in [1.29, 1.82) is 0 Å². The number of hydrogen-bond donors (Lipinski definition) is 3. The van der Waals surface area contributed by atoms with Gasteiger partial charge in [0.25, 0.3) is 21.6 Å². The lowest BCUT2D eigenvalue weighted by Crippen LogP contribution is -2.29. The van der Waals surface area contributed by atoms with E-state index in [0.717, 1.165) is 6.42 Å². The molecule has 0 radical (unpaired) electrons. The first-order valence-electron chi connectivity index (χ1n) is 9.73. The zero-order valence-corrected chi connectivity index (χ0v) is 17.7. The number of aliphatic imine (C=N–C) groups is 1. The Morgan fingerprint density at radius 2 is 1.88 bits per heavy atom. The molecule has 0 aliphatic carbocycles. The fraction of sp³-hybridized carbons (Fsp3) is 0.250. The fourth-order valence-electron chi connectivity index (χ4n) is 2.93. The Morgan fingerprint density at radius 3 is 2.53 bits per heavy atom. The van der Waals surface area contributed by atoms with Crippen LogP contribution in [-0.4, -0.2) is 44.1 Å². The first-order valence-corrected chi connectivity index (χ1v) is 11.2. The van der Waals surface area contributed by atoms with Crippen LogP contribution in [0.1, 0.15) is 29.6 Å². The quantitative estimate of drug-likeness (QED) is 0.403. The highest BCUT2D eigenvalue weighted by molar-refractivity contribution is 7.90. The molecule has 168 valence electrons. The average molecular weight is 459 g/mol. The topological polar surface area (TPSA) is 160 Å². The average Bonchev–Trinajstić information content (AvgIpc) is 3.26. The number of amides is 2. The molecule has 2 aromatic rings. The van der Waals surface area contributed by atoms with Crippen LogP contribution in [0, 0.1) is 10.1 Å². The van der Waals surface area contributed by atoms with Crippen LogP contribution in [0.5, 0.6) is 0 Å². The van der Waals surface area contributed by atoms with E-state index in [4.69, 9.17) is 0 Å². The van der Waals surface area contributed by atoms with E-state index in [2.05, 4.69) is 20.3 Å². The van der Waals surface area contributed by atoms with Crippen LogP contribution in [-0.2, 0) is 14.8 Å². The molecule has 0 bridgehead atoms. The van der Waals surface area contributed by atoms with Gasteiger partial charge in [0.1, 0.15) is 5.84 Å². The van der Waals surface area contributed by atoms with Crippen molar-refractivity contribution in [2.24, 2.45) is 4.99 Å². The van der Waals surface area contributed by atoms with E-state index in [0.29, 0.717) is 24.5 Å². The van der Waals surface area contributed by atoms with Gasteiger partial charge >= 0.3 is 0 Å². The van der Waals surface area contributed by atoms with Crippen molar-refractivity contribution in [3.8, 4) is 0 Å². The van der Waals surface area contributed by atoms with Crippen LogP contribution in [0.4, 0.5) is 11.4 Å². The highest BCUT2D eigenvalue weighted by atomic mass is 32.2. The Balaban J connectivity index is 1.51. The summed E-state index contributed by atoms with van der Waals surface area (Å²) in [4.78, 5) is 38.4. The van der Waals surface area contributed by atoms with Crippen molar-refractivity contribution in [2.75, 3.05) is 18.4 Å². The summed E-state index contributed by atoms with van der Waals surface area (Å²) >= 11 is 0. The number of anilines is 1. The molecular formula is C20H21N5O6S. The summed E-state index contributed by atoms with van der Waals surface area (Å²) < 4.78 is 27.4. The van der Waals surface area contributed by atoms with E-state index in [-0.39, 0.29) is 29.1 Å². The molecule has 0 spiro atoms. The summed E-state index contributed by atoms with van der Waals surface area (Å²) in [5.74, 6) is -0.471. The number of nitro benzene ring substituents is 1. The van der Waals surface area contributed by atoms with Crippen molar-refractivity contribution in [3.63, 3.8) is 0 Å². The lowest BCUT2D eigenvalue weighted by molar-refractivity contribution is -0.384. The minimum Gasteiger partial charge on any atom is -0.352 e.